The van der Waals surface area contributed by atoms with Crippen molar-refractivity contribution in [3.63, 3.8) is 0 Å². The molecule has 0 amide bonds. The van der Waals surface area contributed by atoms with E-state index >= 15 is 0 Å². The van der Waals surface area contributed by atoms with Crippen LogP contribution in [0.4, 0.5) is 5.95 Å². The summed E-state index contributed by atoms with van der Waals surface area (Å²) in [5, 5.41) is 3.09. The van der Waals surface area contributed by atoms with Crippen LogP contribution in [0.15, 0.2) is 18.5 Å². The number of nitrogens with zero attached hydrogens (tertiary/aromatic N) is 2. The Morgan fingerprint density at radius 1 is 1.50 bits per heavy atom. The maximum atomic E-state index is 5.64. The van der Waals surface area contributed by atoms with Crippen molar-refractivity contribution in [2.24, 2.45) is 5.92 Å². The molecule has 0 radical (unpaired) electrons. The standard InChI is InChI=1S/C8H12ClN3/c1-7(5-9)6-12-8-10-3-2-4-11-8/h2-4,7H,5-6H2,1H3,(H,10,11,12). The van der Waals surface area contributed by atoms with E-state index in [1.165, 1.54) is 0 Å². The number of anilines is 1. The normalized spacial score (nSPS) is 12.5. The van der Waals surface area contributed by atoms with E-state index in [9.17, 15) is 0 Å². The molecule has 0 aliphatic rings. The van der Waals surface area contributed by atoms with Gasteiger partial charge < -0.3 is 5.32 Å². The highest BCUT2D eigenvalue weighted by Gasteiger charge is 1.99. The zero-order chi connectivity index (χ0) is 8.81. The molecule has 1 heterocycles. The first-order chi connectivity index (χ1) is 5.83. The Kier molecular flexibility index (Phi) is 3.80. The lowest BCUT2D eigenvalue weighted by Crippen LogP contribution is -2.13. The molecule has 0 fully saturated rings. The molecule has 12 heavy (non-hydrogen) atoms. The number of hydrogen-bond acceptors (Lipinski definition) is 3. The number of rotatable bonds is 4. The molecule has 0 aromatic carbocycles. The quantitative estimate of drug-likeness (QED) is 0.727. The average Bonchev–Trinajstić information content (AvgIpc) is 2.16. The first-order valence-corrected chi connectivity index (χ1v) is 4.43. The average molecular weight is 186 g/mol. The van der Waals surface area contributed by atoms with E-state index in [2.05, 4.69) is 22.2 Å². The lowest BCUT2D eigenvalue weighted by molar-refractivity contribution is 0.692. The van der Waals surface area contributed by atoms with Crippen molar-refractivity contribution in [2.45, 2.75) is 6.92 Å². The summed E-state index contributed by atoms with van der Waals surface area (Å²) in [5.41, 5.74) is 0. The van der Waals surface area contributed by atoms with Crippen LogP contribution in [0.25, 0.3) is 0 Å². The number of aromatic nitrogens is 2. The Hall–Kier alpha value is -0.830. The summed E-state index contributed by atoms with van der Waals surface area (Å²) in [6.45, 7) is 2.89. The van der Waals surface area contributed by atoms with Gasteiger partial charge in [0.25, 0.3) is 0 Å². The van der Waals surface area contributed by atoms with Crippen molar-refractivity contribution in [2.75, 3.05) is 17.7 Å². The molecule has 66 valence electrons. The molecule has 4 heteroatoms. The summed E-state index contributed by atoms with van der Waals surface area (Å²) < 4.78 is 0. The Labute approximate surface area is 77.2 Å². The van der Waals surface area contributed by atoms with Gasteiger partial charge in [0.05, 0.1) is 0 Å². The molecule has 1 aromatic rings. The van der Waals surface area contributed by atoms with E-state index in [0.717, 1.165) is 6.54 Å². The maximum absolute atomic E-state index is 5.64. The van der Waals surface area contributed by atoms with Gasteiger partial charge in [0.15, 0.2) is 0 Å². The molecule has 1 unspecified atom stereocenters. The maximum Gasteiger partial charge on any atom is 0.222 e. The van der Waals surface area contributed by atoms with Crippen LogP contribution in [-0.4, -0.2) is 22.4 Å². The molecular formula is C8H12ClN3. The molecule has 0 saturated carbocycles. The second kappa shape index (κ2) is 4.93. The lowest BCUT2D eigenvalue weighted by atomic mass is 10.2. The van der Waals surface area contributed by atoms with Crippen LogP contribution in [0, 0.1) is 5.92 Å². The molecule has 1 rings (SSSR count). The van der Waals surface area contributed by atoms with Crippen molar-refractivity contribution < 1.29 is 0 Å². The highest BCUT2D eigenvalue weighted by molar-refractivity contribution is 6.18. The van der Waals surface area contributed by atoms with Crippen molar-refractivity contribution in [1.82, 2.24) is 9.97 Å². The van der Waals surface area contributed by atoms with Crippen LogP contribution in [0.5, 0.6) is 0 Å². The Balaban J connectivity index is 2.33. The van der Waals surface area contributed by atoms with Gasteiger partial charge >= 0.3 is 0 Å². The third-order valence-electron chi connectivity index (χ3n) is 1.44. The van der Waals surface area contributed by atoms with Gasteiger partial charge in [-0.05, 0) is 12.0 Å². The number of alkyl halides is 1. The highest BCUT2D eigenvalue weighted by atomic mass is 35.5. The number of hydrogen-bond donors (Lipinski definition) is 1. The molecule has 0 aliphatic carbocycles. The third kappa shape index (κ3) is 3.05. The Morgan fingerprint density at radius 3 is 2.75 bits per heavy atom. The SMILES string of the molecule is CC(CCl)CNc1ncccn1. The summed E-state index contributed by atoms with van der Waals surface area (Å²) in [6, 6.07) is 1.79. The Bertz CT molecular complexity index is 215. The minimum atomic E-state index is 0.440. The van der Waals surface area contributed by atoms with Gasteiger partial charge in [0, 0.05) is 24.8 Å². The van der Waals surface area contributed by atoms with Crippen LogP contribution < -0.4 is 5.32 Å². The van der Waals surface area contributed by atoms with E-state index in [1.54, 1.807) is 18.5 Å². The fourth-order valence-corrected chi connectivity index (χ4v) is 0.820. The fourth-order valence-electron chi connectivity index (χ4n) is 0.710. The van der Waals surface area contributed by atoms with Crippen LogP contribution in [0.1, 0.15) is 6.92 Å². The second-order valence-electron chi connectivity index (χ2n) is 2.71. The van der Waals surface area contributed by atoms with Crippen LogP contribution in [0.2, 0.25) is 0 Å². The van der Waals surface area contributed by atoms with Gasteiger partial charge in [-0.25, -0.2) is 9.97 Å². The third-order valence-corrected chi connectivity index (χ3v) is 1.96. The largest absolute Gasteiger partial charge is 0.354 e. The van der Waals surface area contributed by atoms with E-state index in [4.69, 9.17) is 11.6 Å². The van der Waals surface area contributed by atoms with Crippen molar-refractivity contribution >= 4 is 17.5 Å². The summed E-state index contributed by atoms with van der Waals surface area (Å²) in [5.74, 6) is 1.75. The fraction of sp³-hybridized carbons (Fsp3) is 0.500. The summed E-state index contributed by atoms with van der Waals surface area (Å²) in [7, 11) is 0. The topological polar surface area (TPSA) is 37.8 Å². The van der Waals surface area contributed by atoms with E-state index in [-0.39, 0.29) is 0 Å². The van der Waals surface area contributed by atoms with Gasteiger partial charge in [-0.15, -0.1) is 11.6 Å². The van der Waals surface area contributed by atoms with Crippen LogP contribution in [0.3, 0.4) is 0 Å². The molecule has 0 saturated heterocycles. The minimum absolute atomic E-state index is 0.440. The van der Waals surface area contributed by atoms with Crippen LogP contribution >= 0.6 is 11.6 Å². The molecule has 0 spiro atoms. The summed E-state index contributed by atoms with van der Waals surface area (Å²) in [6.07, 6.45) is 3.42. The predicted molar refractivity (Wildman–Crippen MR) is 50.4 cm³/mol. The van der Waals surface area contributed by atoms with Gasteiger partial charge in [0.1, 0.15) is 0 Å². The van der Waals surface area contributed by atoms with Gasteiger partial charge in [-0.3, -0.25) is 0 Å². The molecule has 3 nitrogen and oxygen atoms in total. The molecule has 1 N–H and O–H groups in total. The first kappa shape index (κ1) is 9.26. The zero-order valence-corrected chi connectivity index (χ0v) is 7.75. The summed E-state index contributed by atoms with van der Waals surface area (Å²) >= 11 is 5.64. The molecule has 0 aliphatic heterocycles. The zero-order valence-electron chi connectivity index (χ0n) is 7.00. The molecule has 1 atom stereocenters. The van der Waals surface area contributed by atoms with Crippen molar-refractivity contribution in [3.8, 4) is 0 Å². The summed E-state index contributed by atoms with van der Waals surface area (Å²) in [4.78, 5) is 8.04. The van der Waals surface area contributed by atoms with E-state index < -0.39 is 0 Å². The monoisotopic (exact) mass is 185 g/mol. The minimum Gasteiger partial charge on any atom is -0.354 e. The predicted octanol–water partition coefficient (Wildman–Crippen LogP) is 1.76. The Morgan fingerprint density at radius 2 is 2.17 bits per heavy atom. The molecule has 1 aromatic heterocycles. The van der Waals surface area contributed by atoms with Gasteiger partial charge in [-0.1, -0.05) is 6.92 Å². The van der Waals surface area contributed by atoms with Gasteiger partial charge in [0.2, 0.25) is 5.95 Å². The smallest absolute Gasteiger partial charge is 0.222 e. The number of halogens is 1. The van der Waals surface area contributed by atoms with E-state index in [0.29, 0.717) is 17.7 Å². The molecule has 0 bridgehead atoms. The lowest BCUT2D eigenvalue weighted by Gasteiger charge is -2.07. The van der Waals surface area contributed by atoms with Gasteiger partial charge in [-0.2, -0.15) is 0 Å². The molecular weight excluding hydrogens is 174 g/mol. The highest BCUT2D eigenvalue weighted by Crippen LogP contribution is 2.00. The first-order valence-electron chi connectivity index (χ1n) is 3.89. The second-order valence-corrected chi connectivity index (χ2v) is 3.02. The number of nitrogens with one attached hydrogen (secondary N) is 1. The van der Waals surface area contributed by atoms with Crippen molar-refractivity contribution in [3.05, 3.63) is 18.5 Å². The van der Waals surface area contributed by atoms with Crippen molar-refractivity contribution in [1.29, 1.82) is 0 Å². The van der Waals surface area contributed by atoms with E-state index in [1.807, 2.05) is 0 Å². The van der Waals surface area contributed by atoms with Crippen LogP contribution in [-0.2, 0) is 0 Å².